The van der Waals surface area contributed by atoms with Crippen LogP contribution in [0.3, 0.4) is 0 Å². The lowest BCUT2D eigenvalue weighted by molar-refractivity contribution is -0.137. The summed E-state index contributed by atoms with van der Waals surface area (Å²) < 4.78 is 54.7. The zero-order chi connectivity index (χ0) is 27.9. The van der Waals surface area contributed by atoms with Crippen molar-refractivity contribution in [2.24, 2.45) is 0 Å². The van der Waals surface area contributed by atoms with Gasteiger partial charge in [0, 0.05) is 47.8 Å². The summed E-state index contributed by atoms with van der Waals surface area (Å²) >= 11 is 0. The van der Waals surface area contributed by atoms with E-state index in [0.717, 1.165) is 22.3 Å². The minimum Gasteiger partial charge on any atom is -0.480 e. The summed E-state index contributed by atoms with van der Waals surface area (Å²) in [6.07, 6.45) is 2.89. The molecule has 1 aliphatic rings. The molecule has 11 heteroatoms. The number of benzene rings is 1. The maximum absolute atomic E-state index is 14.4. The Morgan fingerprint density at radius 1 is 1.10 bits per heavy atom. The molecule has 39 heavy (non-hydrogen) atoms. The molecule has 6 rings (SSSR count). The van der Waals surface area contributed by atoms with E-state index < -0.39 is 39.5 Å². The van der Waals surface area contributed by atoms with Gasteiger partial charge < -0.3 is 14.7 Å². The molecule has 8 nitrogen and oxygen atoms in total. The largest absolute Gasteiger partial charge is 0.480 e. The molecule has 1 aromatic carbocycles. The van der Waals surface area contributed by atoms with Gasteiger partial charge in [-0.3, -0.25) is 14.8 Å². The van der Waals surface area contributed by atoms with Gasteiger partial charge in [-0.15, -0.1) is 0 Å². The predicted octanol–water partition coefficient (Wildman–Crippen LogP) is 5.16. The summed E-state index contributed by atoms with van der Waals surface area (Å²) in [7, 11) is -3.72. The molecule has 5 aromatic rings. The molecule has 1 aliphatic heterocycles. The first-order valence-electron chi connectivity index (χ1n) is 12.2. The number of halogens is 2. The molecular formula is C28H26F2N4O4S. The summed E-state index contributed by atoms with van der Waals surface area (Å²) in [4.78, 5) is 22.6. The van der Waals surface area contributed by atoms with Crippen molar-refractivity contribution in [3.8, 4) is 0 Å². The van der Waals surface area contributed by atoms with Crippen LogP contribution >= 0.6 is 0 Å². The van der Waals surface area contributed by atoms with Crippen LogP contribution in [0.1, 0.15) is 34.5 Å². The van der Waals surface area contributed by atoms with Crippen LogP contribution in [-0.2, 0) is 33.5 Å². The smallest absolute Gasteiger partial charge is 0.323 e. The van der Waals surface area contributed by atoms with Crippen LogP contribution in [0.5, 0.6) is 0 Å². The molecule has 0 saturated heterocycles. The average molecular weight is 553 g/mol. The SMILES string of the molecule is Cc1c(Cc2ccc3c(c2)C(F)(F)CCS3(=O)=O)c2ncccc2n1CC(=O)O.Cc1cc2ncccc2[nH]1. The van der Waals surface area contributed by atoms with Crippen LogP contribution in [-0.4, -0.2) is 44.8 Å². The summed E-state index contributed by atoms with van der Waals surface area (Å²) in [6, 6.07) is 13.5. The number of hydrogen-bond donors (Lipinski definition) is 2. The normalized spacial score (nSPS) is 15.5. The van der Waals surface area contributed by atoms with Crippen LogP contribution in [0.25, 0.3) is 22.1 Å². The van der Waals surface area contributed by atoms with Crippen molar-refractivity contribution in [3.05, 3.63) is 89.0 Å². The second kappa shape index (κ2) is 9.88. The number of carboxylic acids is 1. The number of aryl methyl sites for hydroxylation is 1. The zero-order valence-corrected chi connectivity index (χ0v) is 22.1. The molecule has 4 aromatic heterocycles. The van der Waals surface area contributed by atoms with Gasteiger partial charge in [-0.05, 0) is 61.9 Å². The summed E-state index contributed by atoms with van der Waals surface area (Å²) in [6.45, 7) is 3.55. The predicted molar refractivity (Wildman–Crippen MR) is 143 cm³/mol. The Balaban J connectivity index is 0.000000257. The van der Waals surface area contributed by atoms with Crippen molar-refractivity contribution in [1.82, 2.24) is 19.5 Å². The Morgan fingerprint density at radius 3 is 2.59 bits per heavy atom. The van der Waals surface area contributed by atoms with Crippen molar-refractivity contribution in [2.45, 2.75) is 44.1 Å². The van der Waals surface area contributed by atoms with E-state index in [1.165, 1.54) is 18.2 Å². The van der Waals surface area contributed by atoms with E-state index >= 15 is 0 Å². The van der Waals surface area contributed by atoms with Gasteiger partial charge in [0.05, 0.1) is 32.7 Å². The number of pyridine rings is 2. The zero-order valence-electron chi connectivity index (χ0n) is 21.3. The van der Waals surface area contributed by atoms with E-state index in [4.69, 9.17) is 0 Å². The Bertz CT molecular complexity index is 1790. The second-order valence-electron chi connectivity index (χ2n) is 9.58. The molecule has 202 valence electrons. The summed E-state index contributed by atoms with van der Waals surface area (Å²) in [5.74, 6) is -4.78. The number of carbonyl (C=O) groups is 1. The fourth-order valence-electron chi connectivity index (χ4n) is 4.96. The van der Waals surface area contributed by atoms with Gasteiger partial charge in [0.25, 0.3) is 5.92 Å². The van der Waals surface area contributed by atoms with Crippen molar-refractivity contribution in [2.75, 3.05) is 5.75 Å². The quantitative estimate of drug-likeness (QED) is 0.318. The van der Waals surface area contributed by atoms with Crippen LogP contribution in [0, 0.1) is 13.8 Å². The third-order valence-electron chi connectivity index (χ3n) is 6.86. The number of sulfone groups is 1. The number of nitrogens with one attached hydrogen (secondary N) is 1. The average Bonchev–Trinajstić information content (AvgIpc) is 3.39. The maximum Gasteiger partial charge on any atom is 0.323 e. The monoisotopic (exact) mass is 552 g/mol. The first-order chi connectivity index (χ1) is 18.5. The number of aliphatic carboxylic acids is 1. The minimum absolute atomic E-state index is 0.232. The van der Waals surface area contributed by atoms with E-state index in [-0.39, 0.29) is 17.9 Å². The van der Waals surface area contributed by atoms with Gasteiger partial charge in [0.15, 0.2) is 9.84 Å². The number of aromatic nitrogens is 4. The van der Waals surface area contributed by atoms with E-state index in [1.807, 2.05) is 25.1 Å². The third-order valence-corrected chi connectivity index (χ3v) is 8.63. The highest BCUT2D eigenvalue weighted by atomic mass is 32.2. The number of carboxylic acid groups (broad SMARTS) is 1. The molecule has 0 atom stereocenters. The highest BCUT2D eigenvalue weighted by Gasteiger charge is 2.43. The first kappa shape index (κ1) is 26.5. The third kappa shape index (κ3) is 5.14. The van der Waals surface area contributed by atoms with Crippen LogP contribution in [0.2, 0.25) is 0 Å². The van der Waals surface area contributed by atoms with Crippen LogP contribution < -0.4 is 0 Å². The number of alkyl halides is 2. The number of aromatic amines is 1. The molecule has 0 bridgehead atoms. The highest BCUT2D eigenvalue weighted by molar-refractivity contribution is 7.91. The maximum atomic E-state index is 14.4. The molecule has 5 heterocycles. The summed E-state index contributed by atoms with van der Waals surface area (Å²) in [5.41, 5.74) is 6.01. The van der Waals surface area contributed by atoms with Gasteiger partial charge in [0.2, 0.25) is 0 Å². The number of hydrogen-bond acceptors (Lipinski definition) is 5. The molecule has 2 N–H and O–H groups in total. The molecule has 0 unspecified atom stereocenters. The number of fused-ring (bicyclic) bond motifs is 3. The lowest BCUT2D eigenvalue weighted by Gasteiger charge is -2.25. The fourth-order valence-corrected chi connectivity index (χ4v) is 6.52. The molecule has 0 amide bonds. The van der Waals surface area contributed by atoms with E-state index in [1.54, 1.807) is 36.0 Å². The highest BCUT2D eigenvalue weighted by Crippen LogP contribution is 2.42. The minimum atomic E-state index is -3.72. The van der Waals surface area contributed by atoms with Gasteiger partial charge in [-0.2, -0.15) is 0 Å². The molecule has 0 radical (unpaired) electrons. The van der Waals surface area contributed by atoms with Gasteiger partial charge in [-0.1, -0.05) is 6.07 Å². The Kier molecular flexibility index (Phi) is 6.71. The van der Waals surface area contributed by atoms with E-state index in [9.17, 15) is 27.1 Å². The van der Waals surface area contributed by atoms with Gasteiger partial charge in [-0.25, -0.2) is 17.2 Å². The van der Waals surface area contributed by atoms with Crippen LogP contribution in [0.4, 0.5) is 8.78 Å². The fraction of sp³-hybridized carbons (Fsp3) is 0.250. The van der Waals surface area contributed by atoms with Crippen molar-refractivity contribution < 1.29 is 27.1 Å². The standard InChI is InChI=1S/C20H18F2N2O4S.C8H8N2/c1-12-14(19-16(3-2-7-23-19)24(12)11-18(25)26)9-13-4-5-17-15(10-13)20(21,22)6-8-29(17,27)28;1-6-5-8-7(10-6)3-2-4-9-8/h2-5,7,10H,6,8-9,11H2,1H3,(H,25,26);2-5,10H,1H3. The van der Waals surface area contributed by atoms with Crippen molar-refractivity contribution >= 4 is 37.9 Å². The molecule has 0 fully saturated rings. The lowest BCUT2D eigenvalue weighted by atomic mass is 9.98. The van der Waals surface area contributed by atoms with E-state index in [2.05, 4.69) is 15.0 Å². The van der Waals surface area contributed by atoms with Crippen LogP contribution in [0.15, 0.2) is 65.8 Å². The van der Waals surface area contributed by atoms with Gasteiger partial charge in [0.1, 0.15) is 6.54 Å². The first-order valence-corrected chi connectivity index (χ1v) is 13.9. The molecule has 0 saturated carbocycles. The van der Waals surface area contributed by atoms with Crippen molar-refractivity contribution in [1.29, 1.82) is 0 Å². The van der Waals surface area contributed by atoms with Gasteiger partial charge >= 0.3 is 5.97 Å². The lowest BCUT2D eigenvalue weighted by Crippen LogP contribution is -2.28. The number of rotatable bonds is 4. The topological polar surface area (TPSA) is 118 Å². The Hall–Kier alpha value is -4.12. The molecule has 0 aliphatic carbocycles. The number of nitrogens with zero attached hydrogens (tertiary/aromatic N) is 3. The Morgan fingerprint density at radius 2 is 1.85 bits per heavy atom. The number of H-pyrrole nitrogens is 1. The second-order valence-corrected chi connectivity index (χ2v) is 11.7. The van der Waals surface area contributed by atoms with Crippen molar-refractivity contribution in [3.63, 3.8) is 0 Å². The molecule has 0 spiro atoms. The Labute approximate surface area is 223 Å². The molecular weight excluding hydrogens is 526 g/mol. The van der Waals surface area contributed by atoms with E-state index in [0.29, 0.717) is 22.3 Å². The summed E-state index contributed by atoms with van der Waals surface area (Å²) in [5, 5.41) is 9.21.